The average molecular weight is 494 g/mol. The minimum atomic E-state index is -0.654. The predicted octanol–water partition coefficient (Wildman–Crippen LogP) is 4.90. The highest BCUT2D eigenvalue weighted by Gasteiger charge is 2.44. The number of ether oxygens (including phenoxy) is 2. The van der Waals surface area contributed by atoms with Crippen LogP contribution in [0.1, 0.15) is 39.0 Å². The number of nitrogens with one attached hydrogen (secondary N) is 1. The average Bonchev–Trinajstić information content (AvgIpc) is 2.96. The van der Waals surface area contributed by atoms with Gasteiger partial charge in [-0.05, 0) is 65.2 Å². The highest BCUT2D eigenvalue weighted by atomic mass is 16.5. The summed E-state index contributed by atoms with van der Waals surface area (Å²) < 4.78 is 10.5. The Bertz CT molecular complexity index is 1390. The largest absolute Gasteiger partial charge is 0.497 e. The van der Waals surface area contributed by atoms with E-state index in [1.165, 1.54) is 0 Å². The third-order valence-electron chi connectivity index (χ3n) is 6.62. The summed E-state index contributed by atoms with van der Waals surface area (Å²) in [5.41, 5.74) is 3.58. The molecular weight excluding hydrogens is 466 g/mol. The van der Waals surface area contributed by atoms with Gasteiger partial charge in [0.1, 0.15) is 11.5 Å². The van der Waals surface area contributed by atoms with Gasteiger partial charge in [-0.1, -0.05) is 36.4 Å². The number of carbonyl (C=O) groups excluding carboxylic acids is 2. The Kier molecular flexibility index (Phi) is 6.85. The normalized spacial score (nSPS) is 16.6. The summed E-state index contributed by atoms with van der Waals surface area (Å²) in [4.78, 5) is 33.8. The van der Waals surface area contributed by atoms with Crippen LogP contribution in [0.2, 0.25) is 0 Å². The number of carbonyl (C=O) groups is 2. The molecule has 5 rings (SSSR count). The van der Waals surface area contributed by atoms with Crippen LogP contribution in [0, 0.1) is 0 Å². The van der Waals surface area contributed by atoms with Crippen molar-refractivity contribution >= 4 is 17.5 Å². The third kappa shape index (κ3) is 4.76. The fourth-order valence-corrected chi connectivity index (χ4v) is 4.78. The first-order chi connectivity index (χ1) is 18.1. The van der Waals surface area contributed by atoms with Crippen LogP contribution in [-0.2, 0) is 11.3 Å². The molecule has 0 fully saturated rings. The highest BCUT2D eigenvalue weighted by molar-refractivity contribution is 6.11. The van der Waals surface area contributed by atoms with Crippen molar-refractivity contribution in [2.75, 3.05) is 19.1 Å². The number of aromatic nitrogens is 1. The van der Waals surface area contributed by atoms with Crippen molar-refractivity contribution < 1.29 is 19.1 Å². The zero-order chi connectivity index (χ0) is 25.8. The molecule has 0 bridgehead atoms. The number of pyridine rings is 1. The summed E-state index contributed by atoms with van der Waals surface area (Å²) in [5.74, 6) is 0.428. The molecule has 0 unspecified atom stereocenters. The number of hydrogen-bond acceptors (Lipinski definition) is 5. The lowest BCUT2D eigenvalue weighted by Crippen LogP contribution is -2.47. The molecule has 0 spiro atoms. The van der Waals surface area contributed by atoms with Gasteiger partial charge in [0.15, 0.2) is 0 Å². The van der Waals surface area contributed by atoms with Gasteiger partial charge in [0.25, 0.3) is 5.91 Å². The molecule has 1 aromatic heterocycles. The number of amides is 2. The predicted molar refractivity (Wildman–Crippen MR) is 141 cm³/mol. The van der Waals surface area contributed by atoms with Crippen LogP contribution in [0.4, 0.5) is 5.69 Å². The first-order valence-electron chi connectivity index (χ1n) is 12.0. The Hall–Kier alpha value is -4.65. The molecule has 0 saturated carbocycles. The molecule has 0 saturated heterocycles. The van der Waals surface area contributed by atoms with E-state index < -0.39 is 12.0 Å². The van der Waals surface area contributed by atoms with Gasteiger partial charge >= 0.3 is 0 Å². The number of anilines is 1. The summed E-state index contributed by atoms with van der Waals surface area (Å²) in [6.07, 6.45) is 3.39. The van der Waals surface area contributed by atoms with Gasteiger partial charge in [-0.25, -0.2) is 0 Å². The van der Waals surface area contributed by atoms with Crippen LogP contribution in [0.5, 0.6) is 11.5 Å². The fourth-order valence-electron chi connectivity index (χ4n) is 4.78. The molecule has 186 valence electrons. The maximum Gasteiger partial charge on any atom is 0.259 e. The third-order valence-corrected chi connectivity index (χ3v) is 6.62. The molecule has 4 aromatic rings. The lowest BCUT2D eigenvalue weighted by molar-refractivity contribution is -0.123. The van der Waals surface area contributed by atoms with Crippen LogP contribution in [-0.4, -0.2) is 31.0 Å². The molecule has 2 amide bonds. The molecule has 7 nitrogen and oxygen atoms in total. The van der Waals surface area contributed by atoms with Gasteiger partial charge in [-0.15, -0.1) is 0 Å². The standard InChI is InChI=1S/C30H27N3O4/c1-36-23-13-9-20(10-14-23)18-32-29(34)27-25-7-3-4-8-26(25)30(35)33(22-11-15-24(37-2)16-12-22)28(27)21-6-5-17-31-19-21/h3-17,19,27-28H,18H2,1-2H3,(H,32,34)/t27-,28+/m1/s1. The number of rotatable bonds is 7. The van der Waals surface area contributed by atoms with Crippen LogP contribution in [0.15, 0.2) is 97.3 Å². The van der Waals surface area contributed by atoms with Crippen LogP contribution < -0.4 is 19.7 Å². The van der Waals surface area contributed by atoms with Gasteiger partial charge in [0.05, 0.1) is 26.2 Å². The van der Waals surface area contributed by atoms with Gasteiger partial charge in [0.2, 0.25) is 5.91 Å². The second-order valence-electron chi connectivity index (χ2n) is 8.74. The number of benzene rings is 3. The van der Waals surface area contributed by atoms with Crippen LogP contribution in [0.25, 0.3) is 0 Å². The van der Waals surface area contributed by atoms with E-state index in [4.69, 9.17) is 9.47 Å². The van der Waals surface area contributed by atoms with Crippen LogP contribution >= 0.6 is 0 Å². The molecule has 2 atom stereocenters. The lowest BCUT2D eigenvalue weighted by Gasteiger charge is -2.41. The number of hydrogen-bond donors (Lipinski definition) is 1. The molecule has 0 radical (unpaired) electrons. The Labute approximate surface area is 215 Å². The van der Waals surface area contributed by atoms with E-state index in [0.717, 1.165) is 16.9 Å². The topological polar surface area (TPSA) is 80.8 Å². The Morgan fingerprint density at radius 1 is 0.892 bits per heavy atom. The second kappa shape index (κ2) is 10.5. The SMILES string of the molecule is COc1ccc(CNC(=O)[C@@H]2c3ccccc3C(=O)N(c3ccc(OC)cc3)[C@H]2c2cccnc2)cc1. The van der Waals surface area contributed by atoms with E-state index in [0.29, 0.717) is 29.1 Å². The van der Waals surface area contributed by atoms with Gasteiger partial charge in [-0.3, -0.25) is 19.5 Å². The van der Waals surface area contributed by atoms with E-state index in [1.807, 2.05) is 78.9 Å². The summed E-state index contributed by atoms with van der Waals surface area (Å²) >= 11 is 0. The molecule has 2 heterocycles. The molecule has 3 aromatic carbocycles. The number of fused-ring (bicyclic) bond motifs is 1. The summed E-state index contributed by atoms with van der Waals surface area (Å²) in [6, 6.07) is 25.3. The van der Waals surface area contributed by atoms with Crippen molar-refractivity contribution in [1.82, 2.24) is 10.3 Å². The molecule has 1 aliphatic rings. The number of methoxy groups -OCH3 is 2. The molecule has 1 aliphatic heterocycles. The monoisotopic (exact) mass is 493 g/mol. The molecule has 37 heavy (non-hydrogen) atoms. The van der Waals surface area contributed by atoms with Gasteiger partial charge < -0.3 is 14.8 Å². The summed E-state index contributed by atoms with van der Waals surface area (Å²) in [5, 5.41) is 3.09. The van der Waals surface area contributed by atoms with Crippen molar-refractivity contribution in [3.63, 3.8) is 0 Å². The van der Waals surface area contributed by atoms with Crippen molar-refractivity contribution in [3.8, 4) is 11.5 Å². The minimum Gasteiger partial charge on any atom is -0.497 e. The van der Waals surface area contributed by atoms with E-state index in [2.05, 4.69) is 10.3 Å². The zero-order valence-corrected chi connectivity index (χ0v) is 20.6. The van der Waals surface area contributed by atoms with Crippen molar-refractivity contribution in [2.24, 2.45) is 0 Å². The Morgan fingerprint density at radius 3 is 2.22 bits per heavy atom. The van der Waals surface area contributed by atoms with E-state index in [-0.39, 0.29) is 11.8 Å². The quantitative estimate of drug-likeness (QED) is 0.396. The van der Waals surface area contributed by atoms with Crippen molar-refractivity contribution in [3.05, 3.63) is 120 Å². The van der Waals surface area contributed by atoms with E-state index in [9.17, 15) is 9.59 Å². The summed E-state index contributed by atoms with van der Waals surface area (Å²) in [7, 11) is 3.21. The van der Waals surface area contributed by atoms with Crippen LogP contribution in [0.3, 0.4) is 0 Å². The smallest absolute Gasteiger partial charge is 0.259 e. The minimum absolute atomic E-state index is 0.172. The Balaban J connectivity index is 1.57. The maximum atomic E-state index is 13.9. The first-order valence-corrected chi connectivity index (χ1v) is 12.0. The van der Waals surface area contributed by atoms with E-state index in [1.54, 1.807) is 37.6 Å². The van der Waals surface area contributed by atoms with Crippen molar-refractivity contribution in [1.29, 1.82) is 0 Å². The summed E-state index contributed by atoms with van der Waals surface area (Å²) in [6.45, 7) is 0.345. The molecular formula is C30H27N3O4. The first kappa shape index (κ1) is 24.1. The second-order valence-corrected chi connectivity index (χ2v) is 8.74. The van der Waals surface area contributed by atoms with Crippen molar-refractivity contribution in [2.45, 2.75) is 18.5 Å². The van der Waals surface area contributed by atoms with Gasteiger partial charge in [0, 0.05) is 30.2 Å². The molecule has 1 N–H and O–H groups in total. The molecule has 0 aliphatic carbocycles. The number of nitrogens with zero attached hydrogens (tertiary/aromatic N) is 2. The zero-order valence-electron chi connectivity index (χ0n) is 20.6. The lowest BCUT2D eigenvalue weighted by atomic mass is 9.79. The van der Waals surface area contributed by atoms with E-state index >= 15 is 0 Å². The van der Waals surface area contributed by atoms with Gasteiger partial charge in [-0.2, -0.15) is 0 Å². The fraction of sp³-hybridized carbons (Fsp3) is 0.167. The highest BCUT2D eigenvalue weighted by Crippen LogP contribution is 2.45. The Morgan fingerprint density at radius 2 is 1.57 bits per heavy atom. The molecule has 7 heteroatoms. The maximum absolute atomic E-state index is 13.9.